The van der Waals surface area contributed by atoms with Gasteiger partial charge in [-0.25, -0.2) is 0 Å². The fourth-order valence-corrected chi connectivity index (χ4v) is 7.56. The zero-order chi connectivity index (χ0) is 30.1. The Bertz CT molecular complexity index is 1590. The van der Waals surface area contributed by atoms with Crippen LogP contribution in [0.25, 0.3) is 11.1 Å². The zero-order valence-electron chi connectivity index (χ0n) is 23.6. The van der Waals surface area contributed by atoms with Gasteiger partial charge in [0.25, 0.3) is 5.91 Å². The van der Waals surface area contributed by atoms with Gasteiger partial charge in [0.2, 0.25) is 5.78 Å². The summed E-state index contributed by atoms with van der Waals surface area (Å²) in [5.74, 6) is -6.57. The van der Waals surface area contributed by atoms with Crippen LogP contribution in [0.2, 0.25) is 0 Å². The van der Waals surface area contributed by atoms with Crippen molar-refractivity contribution in [2.45, 2.75) is 43.9 Å². The van der Waals surface area contributed by atoms with Crippen molar-refractivity contribution < 1.29 is 34.8 Å². The second kappa shape index (κ2) is 10.1. The molecule has 1 amide bonds. The number of ketones is 2. The van der Waals surface area contributed by atoms with E-state index in [4.69, 9.17) is 5.73 Å². The Hall–Kier alpha value is -3.99. The lowest BCUT2D eigenvalue weighted by atomic mass is 9.58. The molecule has 1 fully saturated rings. The number of likely N-dealkylation sites (tertiary alicyclic amines) is 1. The number of likely N-dealkylation sites (N-methyl/N-ethyl adjacent to an activating group) is 1. The number of aliphatic hydroxyl groups is 3. The number of aliphatic hydroxyl groups excluding tert-OH is 2. The number of rotatable bonds is 5. The predicted octanol–water partition coefficient (Wildman–Crippen LogP) is 2.38. The Kier molecular flexibility index (Phi) is 6.75. The molecule has 0 unspecified atom stereocenters. The lowest BCUT2D eigenvalue weighted by Crippen LogP contribution is -2.63. The number of nitrogens with two attached hydrogens (primary N) is 1. The van der Waals surface area contributed by atoms with Gasteiger partial charge in [-0.2, -0.15) is 0 Å². The summed E-state index contributed by atoms with van der Waals surface area (Å²) in [5.41, 5.74) is 5.21. The molecule has 4 aliphatic rings. The highest BCUT2D eigenvalue weighted by molar-refractivity contribution is 6.24. The molecule has 1 heterocycles. The Morgan fingerprint density at radius 2 is 1.81 bits per heavy atom. The van der Waals surface area contributed by atoms with Gasteiger partial charge in [0.05, 0.1) is 11.6 Å². The third-order valence-electron chi connectivity index (χ3n) is 9.45. The van der Waals surface area contributed by atoms with Gasteiger partial charge in [-0.15, -0.1) is 0 Å². The first-order valence-corrected chi connectivity index (χ1v) is 14.3. The maximum Gasteiger partial charge on any atom is 0.255 e. The minimum atomic E-state index is -2.65. The number of hydrogen-bond donors (Lipinski definition) is 5. The number of hydrogen-bond acceptors (Lipinski definition) is 9. The van der Waals surface area contributed by atoms with Crippen molar-refractivity contribution in [3.63, 3.8) is 0 Å². The van der Waals surface area contributed by atoms with E-state index in [1.165, 1.54) is 18.9 Å². The van der Waals surface area contributed by atoms with E-state index in [1.54, 1.807) is 25.1 Å². The Morgan fingerprint density at radius 3 is 2.48 bits per heavy atom. The molecule has 4 atom stereocenters. The minimum absolute atomic E-state index is 0.0122. The summed E-state index contributed by atoms with van der Waals surface area (Å²) >= 11 is 0. The molecule has 6 N–H and O–H groups in total. The number of amides is 1. The van der Waals surface area contributed by atoms with Crippen molar-refractivity contribution in [2.75, 3.05) is 27.2 Å². The lowest BCUT2D eigenvalue weighted by molar-refractivity contribution is -0.148. The molecule has 10 nitrogen and oxygen atoms in total. The molecule has 220 valence electrons. The van der Waals surface area contributed by atoms with Gasteiger partial charge in [0, 0.05) is 18.0 Å². The SMILES string of the molecule is CN(C)[C@@H]1C(O)=C(C(N)=O)C(=O)[C@@]2(O)C(O)=C3C(=O)c4c(O)ccc(-c5cccc(CN6CCCC6)c5)c4C[C@H]3C[C@@H]12. The first kappa shape index (κ1) is 28.1. The van der Waals surface area contributed by atoms with Crippen molar-refractivity contribution in [2.24, 2.45) is 17.6 Å². The van der Waals surface area contributed by atoms with Crippen LogP contribution in [0.3, 0.4) is 0 Å². The van der Waals surface area contributed by atoms with Crippen LogP contribution in [0.4, 0.5) is 0 Å². The summed E-state index contributed by atoms with van der Waals surface area (Å²) < 4.78 is 0. The van der Waals surface area contributed by atoms with E-state index in [-0.39, 0.29) is 29.7 Å². The summed E-state index contributed by atoms with van der Waals surface area (Å²) in [4.78, 5) is 43.6. The quantitative estimate of drug-likeness (QED) is 0.338. The second-order valence-electron chi connectivity index (χ2n) is 12.1. The highest BCUT2D eigenvalue weighted by Gasteiger charge is 2.63. The zero-order valence-corrected chi connectivity index (χ0v) is 23.6. The van der Waals surface area contributed by atoms with Gasteiger partial charge in [0.1, 0.15) is 22.8 Å². The summed E-state index contributed by atoms with van der Waals surface area (Å²) in [6.07, 6.45) is 2.67. The molecule has 42 heavy (non-hydrogen) atoms. The van der Waals surface area contributed by atoms with Crippen LogP contribution >= 0.6 is 0 Å². The summed E-state index contributed by atoms with van der Waals surface area (Å²) in [6, 6.07) is 10.3. The van der Waals surface area contributed by atoms with Crippen LogP contribution in [0.15, 0.2) is 59.1 Å². The van der Waals surface area contributed by atoms with Crippen LogP contribution in [0, 0.1) is 11.8 Å². The van der Waals surface area contributed by atoms with Crippen molar-refractivity contribution in [1.29, 1.82) is 0 Å². The fourth-order valence-electron chi connectivity index (χ4n) is 7.56. The smallest absolute Gasteiger partial charge is 0.255 e. The van der Waals surface area contributed by atoms with E-state index in [1.807, 2.05) is 12.1 Å². The summed E-state index contributed by atoms with van der Waals surface area (Å²) in [6.45, 7) is 2.94. The molecule has 6 rings (SSSR count). The molecule has 10 heteroatoms. The average molecular weight is 574 g/mol. The largest absolute Gasteiger partial charge is 0.510 e. The summed E-state index contributed by atoms with van der Waals surface area (Å²) in [5, 5.41) is 45.1. The highest BCUT2D eigenvalue weighted by atomic mass is 16.3. The average Bonchev–Trinajstić information content (AvgIpc) is 3.43. The normalized spacial score (nSPS) is 27.8. The fraction of sp³-hybridized carbons (Fsp3) is 0.406. The van der Waals surface area contributed by atoms with Crippen LogP contribution in [0.5, 0.6) is 5.75 Å². The number of allylic oxidation sites excluding steroid dienone is 1. The number of Topliss-reactive ketones (excluding diaryl/α,β-unsaturated/α-hetero) is 2. The number of carbonyl (C=O) groups excluding carboxylic acids is 3. The highest BCUT2D eigenvalue weighted by Crippen LogP contribution is 2.53. The van der Waals surface area contributed by atoms with Crippen LogP contribution in [-0.2, 0) is 22.6 Å². The number of fused-ring (bicyclic) bond motifs is 3. The van der Waals surface area contributed by atoms with Crippen LogP contribution in [-0.4, -0.2) is 86.5 Å². The number of primary amides is 1. The minimum Gasteiger partial charge on any atom is -0.510 e. The second-order valence-corrected chi connectivity index (χ2v) is 12.1. The van der Waals surface area contributed by atoms with E-state index in [0.29, 0.717) is 5.56 Å². The summed E-state index contributed by atoms with van der Waals surface area (Å²) in [7, 11) is 3.22. The molecule has 2 aromatic carbocycles. The molecule has 1 aliphatic heterocycles. The number of aromatic hydroxyl groups is 1. The van der Waals surface area contributed by atoms with Gasteiger partial charge in [-0.1, -0.05) is 24.3 Å². The topological polar surface area (TPSA) is 165 Å². The first-order chi connectivity index (χ1) is 19.9. The van der Waals surface area contributed by atoms with Gasteiger partial charge in [-0.05, 0) is 93.2 Å². The van der Waals surface area contributed by atoms with E-state index in [9.17, 15) is 34.8 Å². The number of phenolic OH excluding ortho intramolecular Hbond substituents is 1. The molecule has 0 aromatic heterocycles. The third-order valence-corrected chi connectivity index (χ3v) is 9.45. The van der Waals surface area contributed by atoms with Gasteiger partial charge in [0.15, 0.2) is 11.4 Å². The monoisotopic (exact) mass is 573 g/mol. The molecular weight excluding hydrogens is 538 g/mol. The van der Waals surface area contributed by atoms with E-state index in [0.717, 1.165) is 36.3 Å². The van der Waals surface area contributed by atoms with Crippen molar-refractivity contribution >= 4 is 17.5 Å². The Labute approximate surface area is 243 Å². The lowest BCUT2D eigenvalue weighted by Gasteiger charge is -2.50. The molecule has 0 radical (unpaired) electrons. The van der Waals surface area contributed by atoms with Crippen molar-refractivity contribution in [3.05, 3.63) is 75.8 Å². The first-order valence-electron chi connectivity index (χ1n) is 14.3. The van der Waals surface area contributed by atoms with Crippen LogP contribution < -0.4 is 5.73 Å². The maximum absolute atomic E-state index is 14.0. The number of benzene rings is 2. The van der Waals surface area contributed by atoms with Crippen molar-refractivity contribution in [3.8, 4) is 16.9 Å². The Balaban J connectivity index is 1.47. The van der Waals surface area contributed by atoms with Gasteiger partial charge >= 0.3 is 0 Å². The molecule has 3 aliphatic carbocycles. The number of phenols is 1. The van der Waals surface area contributed by atoms with E-state index in [2.05, 4.69) is 17.0 Å². The van der Waals surface area contributed by atoms with E-state index >= 15 is 0 Å². The molecule has 0 spiro atoms. The van der Waals surface area contributed by atoms with Gasteiger partial charge < -0.3 is 26.2 Å². The number of nitrogens with zero attached hydrogens (tertiary/aromatic N) is 2. The molecule has 2 aromatic rings. The molecular formula is C32H35N3O7. The van der Waals surface area contributed by atoms with Crippen LogP contribution in [0.1, 0.15) is 40.7 Å². The standard InChI is InChI=1S/C32H35N3O7/c1-34(2)26-21-14-18-13-20-19(17-7-5-6-16(12-17)15-35-10-3-4-11-35)8-9-22(36)24(20)27(37)23(18)29(39)32(21,42)30(40)25(28(26)38)31(33)41/h5-9,12,18,21,26,36,38-39,42H,3-4,10-11,13-15H2,1-2H3,(H2,33,41)/t18-,21-,26-,32-/m0/s1. The van der Waals surface area contributed by atoms with Gasteiger partial charge in [-0.3, -0.25) is 24.2 Å². The Morgan fingerprint density at radius 1 is 1.10 bits per heavy atom. The number of carbonyl (C=O) groups is 3. The third kappa shape index (κ3) is 4.08. The molecule has 0 saturated carbocycles. The van der Waals surface area contributed by atoms with Crippen molar-refractivity contribution in [1.82, 2.24) is 9.80 Å². The predicted molar refractivity (Wildman–Crippen MR) is 154 cm³/mol. The molecule has 0 bridgehead atoms. The van der Waals surface area contributed by atoms with E-state index < -0.39 is 58.0 Å². The molecule has 1 saturated heterocycles. The maximum atomic E-state index is 14.0.